The Morgan fingerprint density at radius 1 is 1.50 bits per heavy atom. The van der Waals surface area contributed by atoms with Crippen LogP contribution in [-0.2, 0) is 0 Å². The summed E-state index contributed by atoms with van der Waals surface area (Å²) in [6.07, 6.45) is 1.55. The molecular weight excluding hydrogens is 128 g/mol. The van der Waals surface area contributed by atoms with Crippen molar-refractivity contribution in [1.29, 1.82) is 0 Å². The predicted octanol–water partition coefficient (Wildman–Crippen LogP) is 0.533. The summed E-state index contributed by atoms with van der Waals surface area (Å²) in [5.74, 6) is 5.44. The molecule has 0 saturated heterocycles. The first-order valence-electron chi connectivity index (χ1n) is 3.58. The van der Waals surface area contributed by atoms with E-state index in [2.05, 4.69) is 11.8 Å². The Morgan fingerprint density at radius 2 is 2.20 bits per heavy atom. The van der Waals surface area contributed by atoms with E-state index in [-0.39, 0.29) is 6.61 Å². The molecule has 0 radical (unpaired) electrons. The van der Waals surface area contributed by atoms with Gasteiger partial charge < -0.3 is 10.2 Å². The fraction of sp³-hybridized carbons (Fsp3) is 0.750. The molecule has 10 heavy (non-hydrogen) atoms. The van der Waals surface area contributed by atoms with Crippen LogP contribution in [0.2, 0.25) is 0 Å². The van der Waals surface area contributed by atoms with Gasteiger partial charge in [0.2, 0.25) is 0 Å². The van der Waals surface area contributed by atoms with Gasteiger partial charge in [0.05, 0.1) is 0 Å². The van der Waals surface area contributed by atoms with Crippen LogP contribution in [0.15, 0.2) is 0 Å². The smallest absolute Gasteiger partial charge is 0.116 e. The normalized spacial score (nSPS) is 11.9. The van der Waals surface area contributed by atoms with Crippen molar-refractivity contribution < 1.29 is 10.2 Å². The molecule has 0 bridgehead atoms. The highest BCUT2D eigenvalue weighted by Crippen LogP contribution is 1.88. The first kappa shape index (κ1) is 9.48. The Kier molecular flexibility index (Phi) is 6.25. The quantitative estimate of drug-likeness (QED) is 0.564. The van der Waals surface area contributed by atoms with Gasteiger partial charge in [-0.15, -0.1) is 5.92 Å². The van der Waals surface area contributed by atoms with E-state index in [9.17, 15) is 0 Å². The zero-order valence-electron chi connectivity index (χ0n) is 6.30. The van der Waals surface area contributed by atoms with Gasteiger partial charge in [-0.05, 0) is 6.42 Å². The molecule has 2 heteroatoms. The average molecular weight is 142 g/mol. The van der Waals surface area contributed by atoms with Crippen molar-refractivity contribution in [2.24, 2.45) is 0 Å². The Balaban J connectivity index is 3.37. The topological polar surface area (TPSA) is 40.5 Å². The standard InChI is InChI=1S/C8H14O2/c1-2-3-4-5-8(10)6-7-9/h8-10H,2-3,6-7H2,1H3. The maximum absolute atomic E-state index is 8.94. The van der Waals surface area contributed by atoms with Crippen molar-refractivity contribution in [3.8, 4) is 11.8 Å². The Bertz CT molecular complexity index is 121. The summed E-state index contributed by atoms with van der Waals surface area (Å²) < 4.78 is 0. The molecule has 1 unspecified atom stereocenters. The van der Waals surface area contributed by atoms with E-state index >= 15 is 0 Å². The number of aliphatic hydroxyl groups excluding tert-OH is 2. The van der Waals surface area contributed by atoms with Gasteiger partial charge >= 0.3 is 0 Å². The second kappa shape index (κ2) is 6.60. The lowest BCUT2D eigenvalue weighted by Gasteiger charge is -1.96. The summed E-state index contributed by atoms with van der Waals surface area (Å²) in [6, 6.07) is 0. The lowest BCUT2D eigenvalue weighted by Crippen LogP contribution is -2.04. The van der Waals surface area contributed by atoms with Gasteiger partial charge in [0.1, 0.15) is 6.10 Å². The fourth-order valence-electron chi connectivity index (χ4n) is 0.509. The molecule has 0 aliphatic rings. The maximum Gasteiger partial charge on any atom is 0.116 e. The molecule has 58 valence electrons. The molecule has 2 N–H and O–H groups in total. The highest BCUT2D eigenvalue weighted by molar-refractivity contribution is 5.03. The number of hydrogen-bond donors (Lipinski definition) is 2. The summed E-state index contributed by atoms with van der Waals surface area (Å²) in [4.78, 5) is 0. The maximum atomic E-state index is 8.94. The van der Waals surface area contributed by atoms with Crippen molar-refractivity contribution in [2.45, 2.75) is 32.3 Å². The predicted molar refractivity (Wildman–Crippen MR) is 40.4 cm³/mol. The van der Waals surface area contributed by atoms with Gasteiger partial charge in [0.25, 0.3) is 0 Å². The third-order valence-electron chi connectivity index (χ3n) is 1.05. The zero-order chi connectivity index (χ0) is 7.82. The van der Waals surface area contributed by atoms with Crippen LogP contribution >= 0.6 is 0 Å². The first-order valence-corrected chi connectivity index (χ1v) is 3.58. The molecule has 1 atom stereocenters. The molecule has 0 heterocycles. The van der Waals surface area contributed by atoms with E-state index in [4.69, 9.17) is 10.2 Å². The number of rotatable bonds is 3. The van der Waals surface area contributed by atoms with Crippen molar-refractivity contribution in [2.75, 3.05) is 6.61 Å². The molecule has 0 aromatic rings. The molecule has 0 aliphatic heterocycles. The Hall–Kier alpha value is -0.520. The second-order valence-corrected chi connectivity index (χ2v) is 2.10. The lowest BCUT2D eigenvalue weighted by molar-refractivity contribution is 0.177. The van der Waals surface area contributed by atoms with Crippen molar-refractivity contribution in [1.82, 2.24) is 0 Å². The van der Waals surface area contributed by atoms with Crippen LogP contribution in [0.4, 0.5) is 0 Å². The third-order valence-corrected chi connectivity index (χ3v) is 1.05. The molecule has 0 rings (SSSR count). The first-order chi connectivity index (χ1) is 4.81. The van der Waals surface area contributed by atoms with Crippen LogP contribution < -0.4 is 0 Å². The van der Waals surface area contributed by atoms with Gasteiger partial charge in [0.15, 0.2) is 0 Å². The largest absolute Gasteiger partial charge is 0.396 e. The second-order valence-electron chi connectivity index (χ2n) is 2.10. The molecule has 0 amide bonds. The molecule has 0 fully saturated rings. The van der Waals surface area contributed by atoms with Gasteiger partial charge in [-0.1, -0.05) is 12.8 Å². The SMILES string of the molecule is CCCC#CC(O)CCO. The van der Waals surface area contributed by atoms with Gasteiger partial charge in [0, 0.05) is 19.4 Å². The van der Waals surface area contributed by atoms with Gasteiger partial charge in [-0.25, -0.2) is 0 Å². The number of hydrogen-bond acceptors (Lipinski definition) is 2. The molecule has 0 aliphatic carbocycles. The van der Waals surface area contributed by atoms with Crippen LogP contribution in [-0.4, -0.2) is 22.9 Å². The molecular formula is C8H14O2. The number of unbranched alkanes of at least 4 members (excludes halogenated alkanes) is 1. The summed E-state index contributed by atoms with van der Waals surface area (Å²) in [7, 11) is 0. The molecule has 0 spiro atoms. The van der Waals surface area contributed by atoms with Gasteiger partial charge in [-0.2, -0.15) is 0 Å². The van der Waals surface area contributed by atoms with E-state index in [1.807, 2.05) is 6.92 Å². The lowest BCUT2D eigenvalue weighted by atomic mass is 10.2. The van der Waals surface area contributed by atoms with E-state index in [0.717, 1.165) is 12.8 Å². The minimum Gasteiger partial charge on any atom is -0.396 e. The highest BCUT2D eigenvalue weighted by Gasteiger charge is 1.94. The Morgan fingerprint density at radius 3 is 2.70 bits per heavy atom. The molecule has 2 nitrogen and oxygen atoms in total. The fourth-order valence-corrected chi connectivity index (χ4v) is 0.509. The molecule has 0 aromatic heterocycles. The molecule has 0 aromatic carbocycles. The average Bonchev–Trinajstić information content (AvgIpc) is 1.89. The summed E-state index contributed by atoms with van der Waals surface area (Å²) in [6.45, 7) is 2.04. The summed E-state index contributed by atoms with van der Waals surface area (Å²) in [5, 5.41) is 17.3. The van der Waals surface area contributed by atoms with Crippen molar-refractivity contribution >= 4 is 0 Å². The molecule has 0 saturated carbocycles. The van der Waals surface area contributed by atoms with Crippen molar-refractivity contribution in [3.63, 3.8) is 0 Å². The van der Waals surface area contributed by atoms with Gasteiger partial charge in [-0.3, -0.25) is 0 Å². The Labute approximate surface area is 61.9 Å². The monoisotopic (exact) mass is 142 g/mol. The third kappa shape index (κ3) is 5.61. The van der Waals surface area contributed by atoms with Crippen LogP contribution in [0.3, 0.4) is 0 Å². The minimum atomic E-state index is -0.642. The van der Waals surface area contributed by atoms with E-state index < -0.39 is 6.10 Å². The summed E-state index contributed by atoms with van der Waals surface area (Å²) in [5.41, 5.74) is 0. The van der Waals surface area contributed by atoms with Crippen LogP contribution in [0.5, 0.6) is 0 Å². The zero-order valence-corrected chi connectivity index (χ0v) is 6.30. The summed E-state index contributed by atoms with van der Waals surface area (Å²) >= 11 is 0. The van der Waals surface area contributed by atoms with Crippen LogP contribution in [0.1, 0.15) is 26.2 Å². The van der Waals surface area contributed by atoms with E-state index in [0.29, 0.717) is 6.42 Å². The van der Waals surface area contributed by atoms with E-state index in [1.54, 1.807) is 0 Å². The van der Waals surface area contributed by atoms with Crippen LogP contribution in [0, 0.1) is 11.8 Å². The highest BCUT2D eigenvalue weighted by atomic mass is 16.3. The minimum absolute atomic E-state index is 0.00196. The number of aliphatic hydroxyl groups is 2. The van der Waals surface area contributed by atoms with Crippen LogP contribution in [0.25, 0.3) is 0 Å². The van der Waals surface area contributed by atoms with E-state index in [1.165, 1.54) is 0 Å². The van der Waals surface area contributed by atoms with Crippen molar-refractivity contribution in [3.05, 3.63) is 0 Å².